The van der Waals surface area contributed by atoms with E-state index in [2.05, 4.69) is 31.2 Å². The lowest BCUT2D eigenvalue weighted by molar-refractivity contribution is -0.384. The highest BCUT2D eigenvalue weighted by atomic mass is 79.9. The summed E-state index contributed by atoms with van der Waals surface area (Å²) in [5, 5.41) is 24.8. The highest BCUT2D eigenvalue weighted by molar-refractivity contribution is 9.10. The van der Waals surface area contributed by atoms with Crippen LogP contribution < -0.4 is 14.9 Å². The fraction of sp³-hybridized carbons (Fsp3) is 0.0476. The maximum atomic E-state index is 12.8. The summed E-state index contributed by atoms with van der Waals surface area (Å²) in [6, 6.07) is 13.8. The normalized spacial score (nSPS) is 11.2. The van der Waals surface area contributed by atoms with Gasteiger partial charge in [0.2, 0.25) is 0 Å². The average Bonchev–Trinajstić information content (AvgIpc) is 2.79. The molecule has 11 nitrogen and oxygen atoms in total. The van der Waals surface area contributed by atoms with Crippen molar-refractivity contribution in [2.24, 2.45) is 5.10 Å². The van der Waals surface area contributed by atoms with Gasteiger partial charge in [-0.1, -0.05) is 28.1 Å². The molecular formula is C21H17BrN4O7S. The summed E-state index contributed by atoms with van der Waals surface area (Å²) >= 11 is 3.33. The summed E-state index contributed by atoms with van der Waals surface area (Å²) in [5.74, 6) is -0.804. The number of para-hydroxylation sites is 1. The van der Waals surface area contributed by atoms with Crippen LogP contribution in [0.15, 0.2) is 75.1 Å². The number of benzene rings is 3. The fourth-order valence-electron chi connectivity index (χ4n) is 2.86. The Bertz CT molecular complexity index is 1390. The number of hydrogen-bond acceptors (Lipinski definition) is 8. The second-order valence-electron chi connectivity index (χ2n) is 6.65. The molecule has 0 atom stereocenters. The highest BCUT2D eigenvalue weighted by Gasteiger charge is 2.23. The van der Waals surface area contributed by atoms with Crippen LogP contribution in [0.2, 0.25) is 0 Å². The number of sulfonamides is 1. The Morgan fingerprint density at radius 3 is 2.56 bits per heavy atom. The van der Waals surface area contributed by atoms with Crippen molar-refractivity contribution in [1.29, 1.82) is 0 Å². The molecule has 3 aromatic rings. The van der Waals surface area contributed by atoms with Gasteiger partial charge in [-0.3, -0.25) is 20.3 Å². The Morgan fingerprint density at radius 2 is 1.88 bits per heavy atom. The number of aromatic carboxylic acids is 1. The first-order chi connectivity index (χ1) is 16.1. The molecule has 0 spiro atoms. The number of methoxy groups -OCH3 is 1. The van der Waals surface area contributed by atoms with Gasteiger partial charge in [-0.05, 0) is 42.5 Å². The van der Waals surface area contributed by atoms with Gasteiger partial charge in [0.1, 0.15) is 11.4 Å². The molecule has 0 bridgehead atoms. The molecule has 176 valence electrons. The Balaban J connectivity index is 1.89. The number of nitrogens with zero attached hydrogens (tertiary/aromatic N) is 2. The lowest BCUT2D eigenvalue weighted by Crippen LogP contribution is -2.16. The molecule has 0 aliphatic rings. The molecule has 3 N–H and O–H groups in total. The maximum absolute atomic E-state index is 12.8. The number of carboxylic acids is 1. The minimum atomic E-state index is -4.33. The molecule has 3 rings (SSSR count). The molecule has 13 heteroatoms. The van der Waals surface area contributed by atoms with Gasteiger partial charge < -0.3 is 9.84 Å². The van der Waals surface area contributed by atoms with Gasteiger partial charge in [0, 0.05) is 16.1 Å². The second kappa shape index (κ2) is 10.3. The summed E-state index contributed by atoms with van der Waals surface area (Å²) in [7, 11) is -2.84. The molecule has 0 radical (unpaired) electrons. The Morgan fingerprint density at radius 1 is 1.15 bits per heavy atom. The van der Waals surface area contributed by atoms with Crippen molar-refractivity contribution in [2.45, 2.75) is 4.90 Å². The number of nitro groups is 1. The first-order valence-corrected chi connectivity index (χ1v) is 11.7. The van der Waals surface area contributed by atoms with E-state index < -0.39 is 31.5 Å². The molecule has 0 aliphatic heterocycles. The van der Waals surface area contributed by atoms with E-state index in [-0.39, 0.29) is 16.9 Å². The molecule has 0 aromatic heterocycles. The van der Waals surface area contributed by atoms with Gasteiger partial charge in [-0.15, -0.1) is 0 Å². The van der Waals surface area contributed by atoms with Crippen molar-refractivity contribution < 1.29 is 28.0 Å². The summed E-state index contributed by atoms with van der Waals surface area (Å²) in [6.45, 7) is 0. The topological polar surface area (TPSA) is 160 Å². The van der Waals surface area contributed by atoms with Gasteiger partial charge >= 0.3 is 5.97 Å². The number of rotatable bonds is 9. The zero-order chi connectivity index (χ0) is 24.9. The Kier molecular flexibility index (Phi) is 7.48. The van der Waals surface area contributed by atoms with Crippen LogP contribution in [-0.4, -0.2) is 37.7 Å². The van der Waals surface area contributed by atoms with Crippen LogP contribution in [0.4, 0.5) is 17.1 Å². The van der Waals surface area contributed by atoms with Crippen LogP contribution in [-0.2, 0) is 10.0 Å². The van der Waals surface area contributed by atoms with Crippen molar-refractivity contribution in [3.63, 3.8) is 0 Å². The van der Waals surface area contributed by atoms with Gasteiger partial charge in [0.25, 0.3) is 15.7 Å². The quantitative estimate of drug-likeness (QED) is 0.202. The largest absolute Gasteiger partial charge is 0.496 e. The van der Waals surface area contributed by atoms with E-state index >= 15 is 0 Å². The van der Waals surface area contributed by atoms with E-state index in [1.54, 1.807) is 18.2 Å². The van der Waals surface area contributed by atoms with Gasteiger partial charge in [0.05, 0.1) is 34.4 Å². The number of anilines is 2. The molecule has 0 aliphatic carbocycles. The van der Waals surface area contributed by atoms with Crippen molar-refractivity contribution in [1.82, 2.24) is 0 Å². The lowest BCUT2D eigenvalue weighted by atomic mass is 10.2. The van der Waals surface area contributed by atoms with Crippen LogP contribution in [0.3, 0.4) is 0 Å². The first-order valence-electron chi connectivity index (χ1n) is 9.38. The van der Waals surface area contributed by atoms with E-state index in [0.29, 0.717) is 11.3 Å². The third-order valence-corrected chi connectivity index (χ3v) is 6.31. The molecule has 0 saturated heterocycles. The zero-order valence-electron chi connectivity index (χ0n) is 17.4. The number of halogens is 1. The van der Waals surface area contributed by atoms with Gasteiger partial charge in [0.15, 0.2) is 0 Å². The molecule has 3 aromatic carbocycles. The summed E-state index contributed by atoms with van der Waals surface area (Å²) in [5.41, 5.74) is 2.08. The monoisotopic (exact) mass is 548 g/mol. The van der Waals surface area contributed by atoms with Crippen LogP contribution >= 0.6 is 15.9 Å². The average molecular weight is 549 g/mol. The highest BCUT2D eigenvalue weighted by Crippen LogP contribution is 2.29. The molecule has 0 unspecified atom stereocenters. The van der Waals surface area contributed by atoms with Crippen LogP contribution in [0, 0.1) is 10.1 Å². The minimum Gasteiger partial charge on any atom is -0.496 e. The van der Waals surface area contributed by atoms with Crippen molar-refractivity contribution in [3.8, 4) is 5.75 Å². The fourth-order valence-corrected chi connectivity index (χ4v) is 4.34. The molecular weight excluding hydrogens is 532 g/mol. The van der Waals surface area contributed by atoms with E-state index in [0.717, 1.165) is 16.6 Å². The molecule has 0 amide bonds. The Labute approximate surface area is 202 Å². The second-order valence-corrected chi connectivity index (χ2v) is 9.25. The van der Waals surface area contributed by atoms with Crippen molar-refractivity contribution >= 4 is 55.2 Å². The standard InChI is InChI=1S/C21H17BrN4O7S/c1-33-20-9-6-14(22)10-13(20)12-23-24-18-8-7-15(11-19(18)26(29)30)34(31,32)25-17-5-3-2-4-16(17)21(27)28/h2-12,24-25H,1H3,(H,27,28)/b23-12-. The maximum Gasteiger partial charge on any atom is 0.337 e. The minimum absolute atomic E-state index is 0.0555. The smallest absolute Gasteiger partial charge is 0.337 e. The number of nitrogens with one attached hydrogen (secondary N) is 2. The van der Waals surface area contributed by atoms with Crippen molar-refractivity contribution in [2.75, 3.05) is 17.3 Å². The molecule has 0 saturated carbocycles. The van der Waals surface area contributed by atoms with Crippen LogP contribution in [0.5, 0.6) is 5.75 Å². The first kappa shape index (κ1) is 24.7. The number of carboxylic acid groups (broad SMARTS) is 1. The predicted molar refractivity (Wildman–Crippen MR) is 129 cm³/mol. The number of ether oxygens (including phenoxy) is 1. The van der Waals surface area contributed by atoms with Crippen LogP contribution in [0.25, 0.3) is 0 Å². The number of hydrogen-bond donors (Lipinski definition) is 3. The van der Waals surface area contributed by atoms with Gasteiger partial charge in [-0.25, -0.2) is 13.2 Å². The number of carbonyl (C=O) groups is 1. The molecule has 0 fully saturated rings. The molecule has 0 heterocycles. The number of hydrazone groups is 1. The van der Waals surface area contributed by atoms with Gasteiger partial charge in [-0.2, -0.15) is 5.10 Å². The summed E-state index contributed by atoms with van der Waals surface area (Å²) in [4.78, 5) is 21.7. The molecule has 34 heavy (non-hydrogen) atoms. The predicted octanol–water partition coefficient (Wildman–Crippen LogP) is 4.31. The Hall–Kier alpha value is -3.97. The zero-order valence-corrected chi connectivity index (χ0v) is 19.8. The van der Waals surface area contributed by atoms with E-state index in [1.165, 1.54) is 43.7 Å². The van der Waals surface area contributed by atoms with E-state index in [1.807, 2.05) is 0 Å². The van der Waals surface area contributed by atoms with E-state index in [4.69, 9.17) is 4.74 Å². The number of nitro benzene ring substituents is 1. The summed E-state index contributed by atoms with van der Waals surface area (Å²) in [6.07, 6.45) is 1.39. The van der Waals surface area contributed by atoms with Crippen molar-refractivity contribution in [3.05, 3.63) is 86.4 Å². The summed E-state index contributed by atoms with van der Waals surface area (Å²) < 4.78 is 33.7. The third-order valence-electron chi connectivity index (χ3n) is 4.46. The van der Waals surface area contributed by atoms with Crippen LogP contribution in [0.1, 0.15) is 15.9 Å². The van der Waals surface area contributed by atoms with E-state index in [9.17, 15) is 28.4 Å². The third kappa shape index (κ3) is 5.68. The lowest BCUT2D eigenvalue weighted by Gasteiger charge is -2.11. The SMILES string of the molecule is COc1ccc(Br)cc1/C=N\Nc1ccc(S(=O)(=O)Nc2ccccc2C(=O)O)cc1[N+](=O)[O-].